The number of methoxy groups -OCH3 is 1. The zero-order valence-electron chi connectivity index (χ0n) is 18.7. The molecule has 1 unspecified atom stereocenters. The van der Waals surface area contributed by atoms with E-state index in [0.717, 1.165) is 34.3 Å². The maximum absolute atomic E-state index is 5.67. The van der Waals surface area contributed by atoms with Crippen molar-refractivity contribution in [3.8, 4) is 16.9 Å². The maximum Gasteiger partial charge on any atom is 0.126 e. The monoisotopic (exact) mass is 421 g/mol. The number of nitrogens with zero attached hydrogens (tertiary/aromatic N) is 2. The van der Waals surface area contributed by atoms with Crippen molar-refractivity contribution >= 4 is 21.7 Å². The van der Waals surface area contributed by atoms with E-state index < -0.39 is 0 Å². The third-order valence-corrected chi connectivity index (χ3v) is 6.22. The van der Waals surface area contributed by atoms with Crippen LogP contribution in [-0.2, 0) is 13.6 Å². The number of benzene rings is 4. The van der Waals surface area contributed by atoms with Crippen LogP contribution in [0.4, 0.5) is 0 Å². The third-order valence-electron chi connectivity index (χ3n) is 6.22. The Kier molecular flexibility index (Phi) is 5.38. The van der Waals surface area contributed by atoms with Crippen molar-refractivity contribution in [2.75, 3.05) is 7.11 Å². The van der Waals surface area contributed by atoms with E-state index in [2.05, 4.69) is 96.2 Å². The Labute approximate surface area is 188 Å². The van der Waals surface area contributed by atoms with Crippen LogP contribution in [0, 0.1) is 0 Å². The molecule has 4 heteroatoms. The summed E-state index contributed by atoms with van der Waals surface area (Å²) in [6, 6.07) is 28.1. The number of ether oxygens (including phenoxy) is 1. The molecule has 4 nitrogen and oxygen atoms in total. The van der Waals surface area contributed by atoms with Crippen LogP contribution in [0.5, 0.6) is 5.75 Å². The van der Waals surface area contributed by atoms with Crippen molar-refractivity contribution in [2.45, 2.75) is 19.5 Å². The molecule has 0 fully saturated rings. The van der Waals surface area contributed by atoms with Gasteiger partial charge in [0, 0.05) is 30.6 Å². The molecule has 1 N–H and O–H groups in total. The van der Waals surface area contributed by atoms with E-state index >= 15 is 0 Å². The Morgan fingerprint density at radius 1 is 0.938 bits per heavy atom. The second-order valence-corrected chi connectivity index (χ2v) is 8.25. The lowest BCUT2D eigenvalue weighted by Crippen LogP contribution is -2.18. The van der Waals surface area contributed by atoms with Crippen molar-refractivity contribution in [2.24, 2.45) is 7.05 Å². The van der Waals surface area contributed by atoms with Crippen LogP contribution in [-0.4, -0.2) is 16.9 Å². The van der Waals surface area contributed by atoms with Crippen molar-refractivity contribution < 1.29 is 4.74 Å². The molecule has 32 heavy (non-hydrogen) atoms. The fourth-order valence-electron chi connectivity index (χ4n) is 4.43. The summed E-state index contributed by atoms with van der Waals surface area (Å²) in [6.07, 6.45) is 1.91. The molecule has 1 heterocycles. The summed E-state index contributed by atoms with van der Waals surface area (Å²) >= 11 is 0. The molecule has 0 saturated heterocycles. The van der Waals surface area contributed by atoms with Crippen molar-refractivity contribution in [1.82, 2.24) is 15.1 Å². The van der Waals surface area contributed by atoms with Gasteiger partial charge >= 0.3 is 0 Å². The maximum atomic E-state index is 5.67. The van der Waals surface area contributed by atoms with Gasteiger partial charge in [-0.3, -0.25) is 4.68 Å². The van der Waals surface area contributed by atoms with E-state index in [1.54, 1.807) is 7.11 Å². The first-order valence-corrected chi connectivity index (χ1v) is 10.9. The first kappa shape index (κ1) is 20.3. The highest BCUT2D eigenvalue weighted by Gasteiger charge is 2.12. The van der Waals surface area contributed by atoms with Gasteiger partial charge in [0.05, 0.1) is 18.8 Å². The minimum atomic E-state index is 0.235. The van der Waals surface area contributed by atoms with Crippen LogP contribution in [0.15, 0.2) is 85.1 Å². The van der Waals surface area contributed by atoms with E-state index in [0.29, 0.717) is 0 Å². The summed E-state index contributed by atoms with van der Waals surface area (Å²) in [4.78, 5) is 0. The zero-order valence-corrected chi connectivity index (χ0v) is 18.7. The van der Waals surface area contributed by atoms with Crippen LogP contribution in [0.25, 0.3) is 32.8 Å². The fraction of sp³-hybridized carbons (Fsp3) is 0.179. The van der Waals surface area contributed by atoms with E-state index in [1.165, 1.54) is 21.9 Å². The van der Waals surface area contributed by atoms with Gasteiger partial charge in [-0.2, -0.15) is 5.10 Å². The van der Waals surface area contributed by atoms with E-state index in [9.17, 15) is 0 Å². The normalized spacial score (nSPS) is 12.3. The second-order valence-electron chi connectivity index (χ2n) is 8.25. The summed E-state index contributed by atoms with van der Waals surface area (Å²) in [5, 5.41) is 11.8. The summed E-state index contributed by atoms with van der Waals surface area (Å²) < 4.78 is 7.57. The van der Waals surface area contributed by atoms with Gasteiger partial charge in [-0.1, -0.05) is 54.6 Å². The van der Waals surface area contributed by atoms with Crippen LogP contribution < -0.4 is 10.1 Å². The number of fused-ring (bicyclic) bond motifs is 2. The van der Waals surface area contributed by atoms with Gasteiger partial charge < -0.3 is 10.1 Å². The lowest BCUT2D eigenvalue weighted by atomic mass is 9.98. The highest BCUT2D eigenvalue weighted by Crippen LogP contribution is 2.33. The molecule has 1 aromatic heterocycles. The van der Waals surface area contributed by atoms with Crippen LogP contribution >= 0.6 is 0 Å². The van der Waals surface area contributed by atoms with Gasteiger partial charge in [0.2, 0.25) is 0 Å². The lowest BCUT2D eigenvalue weighted by Gasteiger charge is -2.18. The first-order chi connectivity index (χ1) is 15.6. The molecule has 0 aliphatic carbocycles. The van der Waals surface area contributed by atoms with Crippen molar-refractivity contribution in [1.29, 1.82) is 0 Å². The smallest absolute Gasteiger partial charge is 0.126 e. The van der Waals surface area contributed by atoms with Crippen LogP contribution in [0.3, 0.4) is 0 Å². The topological polar surface area (TPSA) is 39.1 Å². The van der Waals surface area contributed by atoms with Crippen molar-refractivity contribution in [3.05, 3.63) is 96.2 Å². The van der Waals surface area contributed by atoms with Gasteiger partial charge in [0.1, 0.15) is 5.75 Å². The predicted octanol–water partition coefficient (Wildman–Crippen LogP) is 6.25. The predicted molar refractivity (Wildman–Crippen MR) is 132 cm³/mol. The Hall–Kier alpha value is -3.63. The quantitative estimate of drug-likeness (QED) is 0.352. The highest BCUT2D eigenvalue weighted by atomic mass is 16.5. The van der Waals surface area contributed by atoms with Gasteiger partial charge in [0.15, 0.2) is 0 Å². The minimum absolute atomic E-state index is 0.235. The molecular weight excluding hydrogens is 394 g/mol. The standard InChI is InChI=1S/C28H27N3O/c1-19(24-10-6-8-21-7-4-5-9-25(21)24)29-17-20-11-14-28(32-3)26(15-20)22-12-13-27-23(16-22)18-30-31(27)2/h4-16,18-19,29H,17H2,1-3H3. The Bertz CT molecular complexity index is 1400. The molecule has 1 atom stereocenters. The van der Waals surface area contributed by atoms with E-state index in [-0.39, 0.29) is 6.04 Å². The van der Waals surface area contributed by atoms with Gasteiger partial charge in [-0.05, 0) is 58.7 Å². The first-order valence-electron chi connectivity index (χ1n) is 10.9. The molecule has 0 radical (unpaired) electrons. The average molecular weight is 422 g/mol. The summed E-state index contributed by atoms with van der Waals surface area (Å²) in [6.45, 7) is 3.00. The van der Waals surface area contributed by atoms with Gasteiger partial charge in [0.25, 0.3) is 0 Å². The average Bonchev–Trinajstić information content (AvgIpc) is 3.22. The number of aryl methyl sites for hydroxylation is 1. The molecule has 0 aliphatic rings. The summed E-state index contributed by atoms with van der Waals surface area (Å²) in [5.74, 6) is 0.874. The largest absolute Gasteiger partial charge is 0.496 e. The summed E-state index contributed by atoms with van der Waals surface area (Å²) in [5.41, 5.74) is 5.88. The number of nitrogens with one attached hydrogen (secondary N) is 1. The second kappa shape index (κ2) is 8.48. The van der Waals surface area contributed by atoms with Gasteiger partial charge in [-0.15, -0.1) is 0 Å². The Morgan fingerprint density at radius 2 is 1.78 bits per heavy atom. The molecule has 0 amide bonds. The third kappa shape index (κ3) is 3.74. The highest BCUT2D eigenvalue weighted by molar-refractivity contribution is 5.87. The van der Waals surface area contributed by atoms with Crippen LogP contribution in [0.2, 0.25) is 0 Å². The molecular formula is C28H27N3O. The summed E-state index contributed by atoms with van der Waals surface area (Å²) in [7, 11) is 3.69. The minimum Gasteiger partial charge on any atom is -0.496 e. The number of rotatable bonds is 6. The van der Waals surface area contributed by atoms with E-state index in [1.807, 2.05) is 17.9 Å². The fourth-order valence-corrected chi connectivity index (χ4v) is 4.43. The number of hydrogen-bond acceptors (Lipinski definition) is 3. The molecule has 0 bridgehead atoms. The number of aromatic nitrogens is 2. The Balaban J connectivity index is 1.42. The lowest BCUT2D eigenvalue weighted by molar-refractivity contribution is 0.416. The molecule has 5 aromatic rings. The molecule has 5 rings (SSSR count). The van der Waals surface area contributed by atoms with E-state index in [4.69, 9.17) is 4.74 Å². The molecule has 0 spiro atoms. The van der Waals surface area contributed by atoms with Crippen molar-refractivity contribution in [3.63, 3.8) is 0 Å². The Morgan fingerprint density at radius 3 is 2.66 bits per heavy atom. The van der Waals surface area contributed by atoms with Crippen LogP contribution in [0.1, 0.15) is 24.1 Å². The molecule has 160 valence electrons. The SMILES string of the molecule is COc1ccc(CNC(C)c2cccc3ccccc23)cc1-c1ccc2c(cnn2C)c1. The van der Waals surface area contributed by atoms with Gasteiger partial charge in [-0.25, -0.2) is 0 Å². The molecule has 0 saturated carbocycles. The zero-order chi connectivity index (χ0) is 22.1. The molecule has 0 aliphatic heterocycles. The molecule has 4 aromatic carbocycles. The number of hydrogen-bond donors (Lipinski definition) is 1.